The first-order valence-corrected chi connectivity index (χ1v) is 6.58. The molecule has 0 spiro atoms. The van der Waals surface area contributed by atoms with E-state index in [1.54, 1.807) is 0 Å². The molecule has 0 aromatic carbocycles. The molecule has 0 saturated heterocycles. The zero-order chi connectivity index (χ0) is 10.8. The van der Waals surface area contributed by atoms with E-state index in [2.05, 4.69) is 18.6 Å². The fourth-order valence-corrected chi connectivity index (χ4v) is 1.69. The highest BCUT2D eigenvalue weighted by atomic mass is 32.2. The molecule has 1 unspecified atom stereocenters. The summed E-state index contributed by atoms with van der Waals surface area (Å²) in [4.78, 5) is 0. The molecule has 2 N–H and O–H groups in total. The Morgan fingerprint density at radius 3 is 2.29 bits per heavy atom. The van der Waals surface area contributed by atoms with Crippen LogP contribution in [-0.2, 0) is 11.3 Å². The Balaban J connectivity index is 2.96. The minimum atomic E-state index is -1.83. The lowest BCUT2D eigenvalue weighted by Crippen LogP contribution is -2.17. The van der Waals surface area contributed by atoms with E-state index in [0.29, 0.717) is 6.54 Å². The fraction of sp³-hybridized carbons (Fsp3) is 1.00. The van der Waals surface area contributed by atoms with Gasteiger partial charge in [-0.05, 0) is 12.3 Å². The van der Waals surface area contributed by atoms with Gasteiger partial charge in [-0.1, -0.05) is 46.0 Å². The molecule has 1 atom stereocenters. The molecule has 0 fully saturated rings. The highest BCUT2D eigenvalue weighted by molar-refractivity contribution is 7.77. The molecule has 0 aliphatic carbocycles. The van der Waals surface area contributed by atoms with E-state index >= 15 is 0 Å². The van der Waals surface area contributed by atoms with Gasteiger partial charge in [0.1, 0.15) is 0 Å². The Kier molecular flexibility index (Phi) is 9.67. The summed E-state index contributed by atoms with van der Waals surface area (Å²) in [7, 11) is 0. The van der Waals surface area contributed by atoms with Gasteiger partial charge in [0, 0.05) is 6.54 Å². The Morgan fingerprint density at radius 2 is 1.71 bits per heavy atom. The maximum Gasteiger partial charge on any atom is 0.231 e. The monoisotopic (exact) mass is 221 g/mol. The molecule has 0 bridgehead atoms. The number of rotatable bonds is 9. The van der Waals surface area contributed by atoms with Gasteiger partial charge < -0.3 is 0 Å². The minimum Gasteiger partial charge on any atom is -0.294 e. The summed E-state index contributed by atoms with van der Waals surface area (Å²) in [5, 5.41) is 0. The van der Waals surface area contributed by atoms with Crippen molar-refractivity contribution >= 4 is 11.3 Å². The average Bonchev–Trinajstić information content (AvgIpc) is 2.08. The molecule has 0 amide bonds. The van der Waals surface area contributed by atoms with Crippen LogP contribution in [0.2, 0.25) is 0 Å². The van der Waals surface area contributed by atoms with Crippen LogP contribution in [-0.4, -0.2) is 15.3 Å². The standard InChI is InChI=1S/C10H23NO2S/c1-10(2)8-6-4-3-5-7-9-11-14(12)13/h10-11H,3-9H2,1-2H3,(H,12,13). The molecule has 86 valence electrons. The van der Waals surface area contributed by atoms with Crippen molar-refractivity contribution in [2.45, 2.75) is 52.4 Å². The van der Waals surface area contributed by atoms with Crippen LogP contribution in [0.3, 0.4) is 0 Å². The Hall–Kier alpha value is 0.0700. The lowest BCUT2D eigenvalue weighted by molar-refractivity contribution is 0.511. The van der Waals surface area contributed by atoms with E-state index in [0.717, 1.165) is 18.8 Å². The van der Waals surface area contributed by atoms with Crippen molar-refractivity contribution in [1.82, 2.24) is 4.72 Å². The van der Waals surface area contributed by atoms with Gasteiger partial charge in [-0.15, -0.1) is 0 Å². The molecule has 0 aromatic rings. The van der Waals surface area contributed by atoms with E-state index in [9.17, 15) is 4.21 Å². The molecule has 3 nitrogen and oxygen atoms in total. The van der Waals surface area contributed by atoms with Gasteiger partial charge in [0.05, 0.1) is 0 Å². The Morgan fingerprint density at radius 1 is 1.14 bits per heavy atom. The SMILES string of the molecule is CC(C)CCCCCCCNS(=O)O. The van der Waals surface area contributed by atoms with Crippen LogP contribution in [0.15, 0.2) is 0 Å². The lowest BCUT2D eigenvalue weighted by Gasteiger charge is -2.04. The first-order valence-electron chi connectivity index (χ1n) is 5.47. The Bertz CT molecular complexity index is 151. The zero-order valence-electron chi connectivity index (χ0n) is 9.29. The highest BCUT2D eigenvalue weighted by Crippen LogP contribution is 2.09. The molecule has 4 heteroatoms. The molecule has 0 aromatic heterocycles. The van der Waals surface area contributed by atoms with Gasteiger partial charge in [-0.25, -0.2) is 8.93 Å². The van der Waals surface area contributed by atoms with Crippen LogP contribution in [0.25, 0.3) is 0 Å². The van der Waals surface area contributed by atoms with E-state index < -0.39 is 11.3 Å². The van der Waals surface area contributed by atoms with E-state index in [4.69, 9.17) is 4.55 Å². The first-order chi connectivity index (χ1) is 6.63. The maximum absolute atomic E-state index is 10.2. The lowest BCUT2D eigenvalue weighted by atomic mass is 10.0. The van der Waals surface area contributed by atoms with Gasteiger partial charge in [-0.2, -0.15) is 0 Å². The van der Waals surface area contributed by atoms with Crippen molar-refractivity contribution in [1.29, 1.82) is 0 Å². The molecule has 0 aliphatic heterocycles. The summed E-state index contributed by atoms with van der Waals surface area (Å²) in [6.45, 7) is 5.15. The highest BCUT2D eigenvalue weighted by Gasteiger charge is 1.95. The molecule has 0 rings (SSSR count). The van der Waals surface area contributed by atoms with E-state index in [-0.39, 0.29) is 0 Å². The van der Waals surface area contributed by atoms with Crippen molar-refractivity contribution in [3.8, 4) is 0 Å². The largest absolute Gasteiger partial charge is 0.294 e. The topological polar surface area (TPSA) is 49.3 Å². The van der Waals surface area contributed by atoms with Crippen molar-refractivity contribution in [2.24, 2.45) is 5.92 Å². The summed E-state index contributed by atoms with van der Waals surface area (Å²) in [6, 6.07) is 0. The number of hydrogen-bond donors (Lipinski definition) is 2. The summed E-state index contributed by atoms with van der Waals surface area (Å²) in [5.41, 5.74) is 0. The van der Waals surface area contributed by atoms with Crippen molar-refractivity contribution < 1.29 is 8.76 Å². The van der Waals surface area contributed by atoms with Crippen molar-refractivity contribution in [2.75, 3.05) is 6.54 Å². The summed E-state index contributed by atoms with van der Waals surface area (Å²) in [5.74, 6) is 0.813. The molecule has 0 heterocycles. The van der Waals surface area contributed by atoms with E-state index in [1.165, 1.54) is 25.7 Å². The summed E-state index contributed by atoms with van der Waals surface area (Å²) >= 11 is -1.83. The molecule has 0 aliphatic rings. The first kappa shape index (κ1) is 14.1. The van der Waals surface area contributed by atoms with Gasteiger partial charge >= 0.3 is 0 Å². The quantitative estimate of drug-likeness (QED) is 0.464. The molecule has 14 heavy (non-hydrogen) atoms. The summed E-state index contributed by atoms with van der Waals surface area (Å²) < 4.78 is 21.1. The molecule has 0 saturated carbocycles. The zero-order valence-corrected chi connectivity index (χ0v) is 10.1. The molecule has 0 radical (unpaired) electrons. The van der Waals surface area contributed by atoms with Crippen molar-refractivity contribution in [3.05, 3.63) is 0 Å². The predicted octanol–water partition coefficient (Wildman–Crippen LogP) is 2.71. The maximum atomic E-state index is 10.2. The van der Waals surface area contributed by atoms with Gasteiger partial charge in [0.2, 0.25) is 11.3 Å². The normalized spacial score (nSPS) is 13.4. The second-order valence-electron chi connectivity index (χ2n) is 4.09. The fourth-order valence-electron chi connectivity index (χ4n) is 1.37. The van der Waals surface area contributed by atoms with Crippen LogP contribution in [0.5, 0.6) is 0 Å². The predicted molar refractivity (Wildman–Crippen MR) is 61.3 cm³/mol. The third kappa shape index (κ3) is 12.1. The number of hydrogen-bond acceptors (Lipinski definition) is 1. The molecular formula is C10H23NO2S. The van der Waals surface area contributed by atoms with Crippen LogP contribution < -0.4 is 4.72 Å². The van der Waals surface area contributed by atoms with Gasteiger partial charge in [0.25, 0.3) is 0 Å². The summed E-state index contributed by atoms with van der Waals surface area (Å²) in [6.07, 6.45) is 7.32. The minimum absolute atomic E-state index is 0.646. The average molecular weight is 221 g/mol. The number of nitrogens with one attached hydrogen (secondary N) is 1. The van der Waals surface area contributed by atoms with Crippen LogP contribution >= 0.6 is 0 Å². The third-order valence-electron chi connectivity index (χ3n) is 2.18. The van der Waals surface area contributed by atoms with Gasteiger partial charge in [0.15, 0.2) is 0 Å². The Labute approximate surface area is 90.1 Å². The third-order valence-corrected chi connectivity index (χ3v) is 2.63. The molecular weight excluding hydrogens is 198 g/mol. The second kappa shape index (κ2) is 9.62. The van der Waals surface area contributed by atoms with Crippen LogP contribution in [0, 0.1) is 5.92 Å². The van der Waals surface area contributed by atoms with Crippen LogP contribution in [0.1, 0.15) is 52.4 Å². The second-order valence-corrected chi connectivity index (χ2v) is 4.88. The van der Waals surface area contributed by atoms with Crippen molar-refractivity contribution in [3.63, 3.8) is 0 Å². The van der Waals surface area contributed by atoms with Crippen LogP contribution in [0.4, 0.5) is 0 Å². The van der Waals surface area contributed by atoms with E-state index in [1.807, 2.05) is 0 Å². The van der Waals surface area contributed by atoms with Gasteiger partial charge in [-0.3, -0.25) is 4.55 Å². The smallest absolute Gasteiger partial charge is 0.231 e. The number of unbranched alkanes of at least 4 members (excludes halogenated alkanes) is 4.